The van der Waals surface area contributed by atoms with E-state index in [1.54, 1.807) is 14.2 Å². The molecule has 0 aliphatic heterocycles. The molecule has 50 heavy (non-hydrogen) atoms. The van der Waals surface area contributed by atoms with Gasteiger partial charge < -0.3 is 9.47 Å². The van der Waals surface area contributed by atoms with Gasteiger partial charge in [0, 0.05) is 6.07 Å². The first-order chi connectivity index (χ1) is 23.9. The van der Waals surface area contributed by atoms with Crippen LogP contribution < -0.4 is 9.47 Å². The summed E-state index contributed by atoms with van der Waals surface area (Å²) in [6, 6.07) is 51.4. The van der Waals surface area contributed by atoms with Gasteiger partial charge in [-0.1, -0.05) is 94.6 Å². The van der Waals surface area contributed by atoms with Crippen molar-refractivity contribution in [2.75, 3.05) is 14.2 Å². The Kier molecular flexibility index (Phi) is 11.9. The van der Waals surface area contributed by atoms with Gasteiger partial charge in [-0.2, -0.15) is 18.2 Å². The summed E-state index contributed by atoms with van der Waals surface area (Å²) in [7, 11) is 3.31. The van der Waals surface area contributed by atoms with Gasteiger partial charge in [0.05, 0.1) is 14.2 Å². The second-order valence-corrected chi connectivity index (χ2v) is 16.4. The summed E-state index contributed by atoms with van der Waals surface area (Å²) >= 11 is 1.08. The Morgan fingerprint density at radius 3 is 1.38 bits per heavy atom. The third-order valence-corrected chi connectivity index (χ3v) is 11.0. The monoisotopic (exact) mass is 824 g/mol. The Balaban J connectivity index is 0.000000150. The van der Waals surface area contributed by atoms with E-state index in [9.17, 15) is 0 Å². The Morgan fingerprint density at radius 2 is 1.00 bits per heavy atom. The molecule has 0 spiro atoms. The third kappa shape index (κ3) is 9.25. The van der Waals surface area contributed by atoms with Crippen molar-refractivity contribution in [2.24, 2.45) is 0 Å². The molecule has 7 aromatic rings. The Morgan fingerprint density at radius 1 is 0.540 bits per heavy atom. The van der Waals surface area contributed by atoms with E-state index in [2.05, 4.69) is 157 Å². The van der Waals surface area contributed by atoms with Crippen LogP contribution in [0.5, 0.6) is 11.5 Å². The van der Waals surface area contributed by atoms with Gasteiger partial charge in [-0.3, -0.25) is 0 Å². The first kappa shape index (κ1) is 36.9. The van der Waals surface area contributed by atoms with Crippen LogP contribution in [0.2, 0.25) is 0 Å². The molecule has 0 saturated heterocycles. The maximum absolute atomic E-state index is 5.22. The molecule has 7 aromatic carbocycles. The van der Waals surface area contributed by atoms with E-state index in [0.29, 0.717) is 0 Å². The topological polar surface area (TPSA) is 18.5 Å². The molecule has 0 unspecified atom stereocenters. The van der Waals surface area contributed by atoms with Crippen LogP contribution in [0.25, 0.3) is 32.7 Å². The van der Waals surface area contributed by atoms with E-state index in [4.69, 9.17) is 9.47 Å². The molecular weight excluding hydrogens is 775 g/mol. The van der Waals surface area contributed by atoms with E-state index in [1.165, 1.54) is 52.6 Å². The molecule has 0 atom stereocenters. The van der Waals surface area contributed by atoms with Gasteiger partial charge in [-0.05, 0) is 10.8 Å². The molecule has 0 radical (unpaired) electrons. The summed E-state index contributed by atoms with van der Waals surface area (Å²) in [6.45, 7) is 13.6. The number of benzene rings is 5. The first-order valence-electron chi connectivity index (χ1n) is 17.2. The standard InChI is InChI=1S/C21H25.C13H13O2.C13H10.Hf/c1-20(2,3)16-7-9-18-14(12-16)11-15-13-17(21(4,5)6)8-10-19(15)18;1-14-12-7-11(8-13(9-12)15-2)10-5-3-4-6-10;1-3-7-12(8-4-1)11-13-9-5-2-6-10-13;/h7-13H,1-6H3;3-9H,1-2H3;1-10H;/q2*-1;;+2. The first-order valence-corrected chi connectivity index (χ1v) is 19.0. The van der Waals surface area contributed by atoms with Crippen LogP contribution in [0.4, 0.5) is 0 Å². The van der Waals surface area contributed by atoms with Gasteiger partial charge in [0.1, 0.15) is 11.5 Å². The summed E-state index contributed by atoms with van der Waals surface area (Å²) in [5.41, 5.74) is 8.20. The molecular formula is C47H48HfO2. The Labute approximate surface area is 313 Å². The van der Waals surface area contributed by atoms with Crippen molar-refractivity contribution in [3.8, 4) is 22.6 Å². The molecule has 0 aliphatic rings. The van der Waals surface area contributed by atoms with Crippen LogP contribution in [0.3, 0.4) is 0 Å². The molecule has 0 saturated carbocycles. The average Bonchev–Trinajstić information content (AvgIpc) is 3.80. The van der Waals surface area contributed by atoms with Crippen molar-refractivity contribution >= 4 is 24.8 Å². The Hall–Kier alpha value is -4.34. The van der Waals surface area contributed by atoms with Gasteiger partial charge in [-0.25, -0.2) is 0 Å². The van der Waals surface area contributed by atoms with Crippen molar-refractivity contribution in [3.05, 3.63) is 168 Å². The summed E-state index contributed by atoms with van der Waals surface area (Å²) in [5, 5.41) is 5.48. The van der Waals surface area contributed by atoms with Crippen LogP contribution >= 0.6 is 0 Å². The quantitative estimate of drug-likeness (QED) is 0.127. The zero-order valence-electron chi connectivity index (χ0n) is 30.7. The minimum atomic E-state index is 0.203. The number of rotatable bonds is 5. The van der Waals surface area contributed by atoms with Crippen LogP contribution in [-0.4, -0.2) is 17.5 Å². The van der Waals surface area contributed by atoms with E-state index in [0.717, 1.165) is 41.0 Å². The predicted molar refractivity (Wildman–Crippen MR) is 211 cm³/mol. The normalized spacial score (nSPS) is 11.3. The predicted octanol–water partition coefficient (Wildman–Crippen LogP) is 12.2. The molecule has 0 N–H and O–H groups in total. The second-order valence-electron chi connectivity index (χ2n) is 14.6. The van der Waals surface area contributed by atoms with Crippen molar-refractivity contribution in [3.63, 3.8) is 0 Å². The molecule has 3 heteroatoms. The molecule has 0 fully saturated rings. The van der Waals surface area contributed by atoms with Crippen LogP contribution in [0, 0.1) is 0 Å². The zero-order valence-corrected chi connectivity index (χ0v) is 34.3. The van der Waals surface area contributed by atoms with Crippen molar-refractivity contribution < 1.29 is 33.4 Å². The Bertz CT molecular complexity index is 2010. The number of methoxy groups -OCH3 is 2. The summed E-state index contributed by atoms with van der Waals surface area (Å²) in [5.74, 6) is 1.62. The van der Waals surface area contributed by atoms with Crippen LogP contribution in [-0.2, 0) is 34.7 Å². The molecule has 0 heterocycles. The summed E-state index contributed by atoms with van der Waals surface area (Å²) in [4.78, 5) is 0. The maximum atomic E-state index is 5.22. The molecule has 0 amide bonds. The van der Waals surface area contributed by atoms with Crippen LogP contribution in [0.1, 0.15) is 63.8 Å². The molecule has 0 aromatic heterocycles. The van der Waals surface area contributed by atoms with Gasteiger partial charge in [-0.15, -0.1) is 51.4 Å². The third-order valence-electron chi connectivity index (χ3n) is 8.91. The van der Waals surface area contributed by atoms with Crippen molar-refractivity contribution in [2.45, 2.75) is 52.4 Å². The zero-order chi connectivity index (χ0) is 35.9. The van der Waals surface area contributed by atoms with E-state index < -0.39 is 0 Å². The van der Waals surface area contributed by atoms with Crippen LogP contribution in [0.15, 0.2) is 146 Å². The fourth-order valence-corrected chi connectivity index (χ4v) is 7.07. The summed E-state index contributed by atoms with van der Waals surface area (Å²) in [6.07, 6.45) is 0. The number of hydrogen-bond acceptors (Lipinski definition) is 2. The molecule has 7 rings (SSSR count). The number of hydrogen-bond donors (Lipinski definition) is 0. The number of fused-ring (bicyclic) bond motifs is 3. The van der Waals surface area contributed by atoms with E-state index in [1.807, 2.05) is 30.3 Å². The molecule has 0 bridgehead atoms. The average molecular weight is 823 g/mol. The van der Waals surface area contributed by atoms with E-state index in [-0.39, 0.29) is 10.8 Å². The molecule has 252 valence electrons. The van der Waals surface area contributed by atoms with Crippen molar-refractivity contribution in [1.82, 2.24) is 0 Å². The van der Waals surface area contributed by atoms with E-state index >= 15 is 0 Å². The minimum absolute atomic E-state index is 0.203. The van der Waals surface area contributed by atoms with Gasteiger partial charge in [0.25, 0.3) is 0 Å². The fraction of sp³-hybridized carbons (Fsp3) is 0.213. The molecule has 2 nitrogen and oxygen atoms in total. The van der Waals surface area contributed by atoms with Crippen molar-refractivity contribution in [1.29, 1.82) is 0 Å². The SMILES string of the molecule is CC(C)(C)c1ccc2c(c1)[cH-]c1cc(C(C)(C)C)ccc12.COc1cc(OC)cc(-c2ccc[cH-]2)c1.[Hf+2]=[C](c1ccccc1)c1ccccc1. The second kappa shape index (κ2) is 16.1. The van der Waals surface area contributed by atoms with Gasteiger partial charge in [0.15, 0.2) is 0 Å². The van der Waals surface area contributed by atoms with Gasteiger partial charge >= 0.3 is 98.9 Å². The molecule has 0 aliphatic carbocycles. The summed E-state index contributed by atoms with van der Waals surface area (Å²) < 4.78 is 11.9. The number of ether oxygens (including phenoxy) is 2. The fourth-order valence-electron chi connectivity index (χ4n) is 5.87. The van der Waals surface area contributed by atoms with Gasteiger partial charge in [0.2, 0.25) is 0 Å².